The van der Waals surface area contributed by atoms with Gasteiger partial charge in [-0.25, -0.2) is 19.0 Å². The third-order valence-electron chi connectivity index (χ3n) is 5.83. The maximum Gasteiger partial charge on any atom is 0.263 e. The van der Waals surface area contributed by atoms with Crippen molar-refractivity contribution in [2.75, 3.05) is 5.73 Å². The van der Waals surface area contributed by atoms with Crippen LogP contribution in [0.4, 0.5) is 10.2 Å². The molecule has 5 aromatic rings. The predicted molar refractivity (Wildman–Crippen MR) is 134 cm³/mol. The van der Waals surface area contributed by atoms with Gasteiger partial charge in [0.2, 0.25) is 0 Å². The molecule has 35 heavy (non-hydrogen) atoms. The fourth-order valence-corrected chi connectivity index (χ4v) is 4.27. The van der Waals surface area contributed by atoms with Crippen molar-refractivity contribution >= 4 is 39.5 Å². The summed E-state index contributed by atoms with van der Waals surface area (Å²) in [6.07, 6.45) is 3.73. The zero-order valence-corrected chi connectivity index (χ0v) is 18.7. The van der Waals surface area contributed by atoms with Crippen molar-refractivity contribution in [3.8, 4) is 5.69 Å². The van der Waals surface area contributed by atoms with E-state index < -0.39 is 5.82 Å². The fraction of sp³-hybridized carbons (Fsp3) is 0.0800. The molecule has 5 N–H and O–H groups in total. The summed E-state index contributed by atoms with van der Waals surface area (Å²) in [6, 6.07) is 13.5. The van der Waals surface area contributed by atoms with Gasteiger partial charge in [-0.1, -0.05) is 30.3 Å². The Morgan fingerprint density at radius 1 is 1.14 bits per heavy atom. The van der Waals surface area contributed by atoms with E-state index in [1.165, 1.54) is 23.0 Å². The average Bonchev–Trinajstić information content (AvgIpc) is 3.20. The monoisotopic (exact) mass is 468 g/mol. The quantitative estimate of drug-likeness (QED) is 0.338. The summed E-state index contributed by atoms with van der Waals surface area (Å²) >= 11 is 0. The van der Waals surface area contributed by atoms with Gasteiger partial charge in [-0.05, 0) is 42.1 Å². The third-order valence-corrected chi connectivity index (χ3v) is 5.83. The molecule has 0 saturated carbocycles. The molecule has 0 saturated heterocycles. The summed E-state index contributed by atoms with van der Waals surface area (Å²) in [7, 11) is 0. The Balaban J connectivity index is 1.81. The van der Waals surface area contributed by atoms with Crippen LogP contribution in [0.15, 0.2) is 65.7 Å². The number of anilines is 1. The minimum Gasteiger partial charge on any atom is -0.397 e. The summed E-state index contributed by atoms with van der Waals surface area (Å²) in [5.74, 6) is -0.349. The molecule has 0 unspecified atom stereocenters. The molecule has 9 nitrogen and oxygen atoms in total. The number of aryl methyl sites for hydroxylation is 1. The number of rotatable bonds is 5. The van der Waals surface area contributed by atoms with Gasteiger partial charge >= 0.3 is 0 Å². The highest BCUT2D eigenvalue weighted by Gasteiger charge is 2.20. The number of fused-ring (bicyclic) bond motifs is 2. The number of hydrogen-bond acceptors (Lipinski definition) is 7. The number of hydrogen-bond donors (Lipinski definition) is 3. The van der Waals surface area contributed by atoms with Crippen molar-refractivity contribution in [1.82, 2.24) is 24.3 Å². The minimum absolute atomic E-state index is 0.0677. The van der Waals surface area contributed by atoms with Gasteiger partial charge in [0.25, 0.3) is 5.56 Å². The molecule has 10 heteroatoms. The van der Waals surface area contributed by atoms with Crippen LogP contribution in [0, 0.1) is 18.2 Å². The van der Waals surface area contributed by atoms with E-state index >= 15 is 0 Å². The topological polar surface area (TPSA) is 141 Å². The highest BCUT2D eigenvalue weighted by Crippen LogP contribution is 2.27. The standard InChI is InChI=1S/C25H21FN8O/c1-14-5-4-6-15-11-16(34(25(35)20(14)15)19-8-3-2-7-17(19)26)12-33-24-21(23(29)30-13-31-24)22(32-33)18(28)9-10-27/h2-11,13,27H,12,28H2,1H3,(H2,29,30,31)/b18-9-,27-10?. The Bertz CT molecular complexity index is 1720. The lowest BCUT2D eigenvalue weighted by Gasteiger charge is -2.16. The van der Waals surface area contributed by atoms with Crippen LogP contribution in [-0.2, 0) is 6.54 Å². The van der Waals surface area contributed by atoms with Crippen LogP contribution in [0.25, 0.3) is 33.2 Å². The van der Waals surface area contributed by atoms with Gasteiger partial charge in [0, 0.05) is 11.9 Å². The summed E-state index contributed by atoms with van der Waals surface area (Å²) < 4.78 is 17.8. The number of pyridine rings is 1. The van der Waals surface area contributed by atoms with Crippen molar-refractivity contribution in [3.63, 3.8) is 0 Å². The Labute approximate surface area is 198 Å². The summed E-state index contributed by atoms with van der Waals surface area (Å²) in [5.41, 5.74) is 14.2. The van der Waals surface area contributed by atoms with E-state index in [4.69, 9.17) is 16.9 Å². The molecule has 174 valence electrons. The van der Waals surface area contributed by atoms with Gasteiger partial charge in [-0.15, -0.1) is 0 Å². The first-order valence-corrected chi connectivity index (χ1v) is 10.7. The van der Waals surface area contributed by atoms with Crippen molar-refractivity contribution in [2.24, 2.45) is 5.73 Å². The van der Waals surface area contributed by atoms with Crippen LogP contribution in [0.5, 0.6) is 0 Å². The van der Waals surface area contributed by atoms with Crippen molar-refractivity contribution in [3.05, 3.63) is 94.1 Å². The zero-order chi connectivity index (χ0) is 24.7. The number of aromatic nitrogens is 5. The van der Waals surface area contributed by atoms with Gasteiger partial charge in [0.15, 0.2) is 5.65 Å². The first-order valence-electron chi connectivity index (χ1n) is 10.7. The molecule has 0 radical (unpaired) electrons. The largest absolute Gasteiger partial charge is 0.397 e. The molecule has 0 amide bonds. The van der Waals surface area contributed by atoms with Crippen LogP contribution in [0.2, 0.25) is 0 Å². The molecule has 0 atom stereocenters. The van der Waals surface area contributed by atoms with Gasteiger partial charge in [0.1, 0.15) is 23.7 Å². The molecule has 3 heterocycles. The Morgan fingerprint density at radius 3 is 2.71 bits per heavy atom. The molecular formula is C25H21FN8O. The number of nitrogen functional groups attached to an aromatic ring is 1. The maximum atomic E-state index is 14.9. The van der Waals surface area contributed by atoms with Crippen molar-refractivity contribution in [2.45, 2.75) is 13.5 Å². The third kappa shape index (κ3) is 3.61. The number of nitrogens with one attached hydrogen (secondary N) is 1. The number of benzene rings is 2. The first-order chi connectivity index (χ1) is 16.9. The lowest BCUT2D eigenvalue weighted by atomic mass is 10.1. The molecule has 5 rings (SSSR count). The fourth-order valence-electron chi connectivity index (χ4n) is 4.27. The van der Waals surface area contributed by atoms with Gasteiger partial charge in [0.05, 0.1) is 28.7 Å². The minimum atomic E-state index is -0.528. The predicted octanol–water partition coefficient (Wildman–Crippen LogP) is 3.16. The van der Waals surface area contributed by atoms with E-state index in [1.807, 2.05) is 31.2 Å². The van der Waals surface area contributed by atoms with Crippen molar-refractivity contribution in [1.29, 1.82) is 5.41 Å². The summed E-state index contributed by atoms with van der Waals surface area (Å²) in [5, 5.41) is 13.6. The maximum absolute atomic E-state index is 14.9. The van der Waals surface area contributed by atoms with Crippen LogP contribution in [0.3, 0.4) is 0 Å². The molecule has 0 aliphatic carbocycles. The van der Waals surface area contributed by atoms with E-state index in [2.05, 4.69) is 15.1 Å². The van der Waals surface area contributed by atoms with E-state index in [0.717, 1.165) is 17.2 Å². The molecule has 0 spiro atoms. The second kappa shape index (κ2) is 8.49. The van der Waals surface area contributed by atoms with Gasteiger partial charge < -0.3 is 16.9 Å². The number of nitrogens with zero attached hydrogens (tertiary/aromatic N) is 5. The van der Waals surface area contributed by atoms with Crippen LogP contribution in [0.1, 0.15) is 17.0 Å². The number of para-hydroxylation sites is 1. The molecule has 0 fully saturated rings. The summed E-state index contributed by atoms with van der Waals surface area (Å²) in [6.45, 7) is 1.92. The number of halogens is 1. The highest BCUT2D eigenvalue weighted by atomic mass is 19.1. The zero-order valence-electron chi connectivity index (χ0n) is 18.7. The molecule has 0 bridgehead atoms. The van der Waals surface area contributed by atoms with E-state index in [9.17, 15) is 9.18 Å². The average molecular weight is 468 g/mol. The number of nitrogens with two attached hydrogens (primary N) is 2. The molecule has 3 aromatic heterocycles. The Morgan fingerprint density at radius 2 is 1.94 bits per heavy atom. The van der Waals surface area contributed by atoms with Crippen molar-refractivity contribution < 1.29 is 4.39 Å². The van der Waals surface area contributed by atoms with E-state index in [-0.39, 0.29) is 29.3 Å². The summed E-state index contributed by atoms with van der Waals surface area (Å²) in [4.78, 5) is 22.1. The lowest BCUT2D eigenvalue weighted by Crippen LogP contribution is -2.25. The highest BCUT2D eigenvalue weighted by molar-refractivity contribution is 5.97. The van der Waals surface area contributed by atoms with E-state index in [0.29, 0.717) is 27.8 Å². The number of allylic oxidation sites excluding steroid dienone is 1. The van der Waals surface area contributed by atoms with Gasteiger partial charge in [-0.3, -0.25) is 9.36 Å². The Hall–Kier alpha value is -4.86. The van der Waals surface area contributed by atoms with E-state index in [1.54, 1.807) is 22.9 Å². The molecule has 2 aromatic carbocycles. The Kier molecular flexibility index (Phi) is 5.33. The second-order valence-electron chi connectivity index (χ2n) is 8.02. The van der Waals surface area contributed by atoms with Gasteiger partial charge in [-0.2, -0.15) is 5.10 Å². The second-order valence-corrected chi connectivity index (χ2v) is 8.02. The van der Waals surface area contributed by atoms with Crippen LogP contribution in [-0.4, -0.2) is 30.5 Å². The molecular weight excluding hydrogens is 447 g/mol. The SMILES string of the molecule is Cc1cccc2cc(Cn3nc(/C(N)=C/C=N)c4c(N)ncnc43)n(-c3ccccc3F)c(=O)c12. The first kappa shape index (κ1) is 22.0. The lowest BCUT2D eigenvalue weighted by molar-refractivity contribution is 0.606. The molecule has 0 aliphatic heterocycles. The normalized spacial score (nSPS) is 11.9. The molecule has 0 aliphatic rings. The van der Waals surface area contributed by atoms with Crippen LogP contribution >= 0.6 is 0 Å². The van der Waals surface area contributed by atoms with Crippen LogP contribution < -0.4 is 17.0 Å². The smallest absolute Gasteiger partial charge is 0.263 e.